The fraction of sp³-hybridized carbons (Fsp3) is 0.727. The van der Waals surface area contributed by atoms with Crippen molar-refractivity contribution in [1.29, 1.82) is 0 Å². The SMILES string of the molecule is CCc1nn(C)c(CC(C)C(C)Cl)c1Br. The highest BCUT2D eigenvalue weighted by Gasteiger charge is 2.17. The van der Waals surface area contributed by atoms with Crippen LogP contribution in [-0.4, -0.2) is 15.2 Å². The van der Waals surface area contributed by atoms with Crippen LogP contribution in [0.2, 0.25) is 0 Å². The van der Waals surface area contributed by atoms with Crippen LogP contribution in [0.15, 0.2) is 4.47 Å². The van der Waals surface area contributed by atoms with Gasteiger partial charge in [-0.25, -0.2) is 0 Å². The summed E-state index contributed by atoms with van der Waals surface area (Å²) in [4.78, 5) is 0. The summed E-state index contributed by atoms with van der Waals surface area (Å²) >= 11 is 9.69. The van der Waals surface area contributed by atoms with Crippen LogP contribution in [0.25, 0.3) is 0 Å². The van der Waals surface area contributed by atoms with E-state index < -0.39 is 0 Å². The maximum atomic E-state index is 6.08. The van der Waals surface area contributed by atoms with Crippen molar-refractivity contribution in [1.82, 2.24) is 9.78 Å². The molecular weight excluding hydrogens is 275 g/mol. The Kier molecular flexibility index (Phi) is 4.65. The van der Waals surface area contributed by atoms with E-state index in [4.69, 9.17) is 11.6 Å². The molecule has 0 aliphatic heterocycles. The third-order valence-corrected chi connectivity index (χ3v) is 4.15. The van der Waals surface area contributed by atoms with Gasteiger partial charge in [0.25, 0.3) is 0 Å². The molecule has 0 bridgehead atoms. The molecule has 86 valence electrons. The molecule has 1 aromatic heterocycles. The predicted octanol–water partition coefficient (Wildman–Crippen LogP) is 3.55. The first-order valence-corrected chi connectivity index (χ1v) is 6.54. The topological polar surface area (TPSA) is 17.8 Å². The number of halogens is 2. The van der Waals surface area contributed by atoms with Crippen LogP contribution in [0.3, 0.4) is 0 Å². The zero-order chi connectivity index (χ0) is 11.6. The molecule has 1 rings (SSSR count). The molecule has 0 aliphatic carbocycles. The first-order valence-electron chi connectivity index (χ1n) is 5.31. The zero-order valence-electron chi connectivity index (χ0n) is 9.72. The third kappa shape index (κ3) is 2.97. The summed E-state index contributed by atoms with van der Waals surface area (Å²) in [6.07, 6.45) is 1.92. The Morgan fingerprint density at radius 1 is 1.47 bits per heavy atom. The van der Waals surface area contributed by atoms with Crippen molar-refractivity contribution in [2.75, 3.05) is 0 Å². The molecule has 0 N–H and O–H groups in total. The van der Waals surface area contributed by atoms with Crippen molar-refractivity contribution < 1.29 is 0 Å². The Labute approximate surface area is 105 Å². The molecular formula is C11H18BrClN2. The lowest BCUT2D eigenvalue weighted by molar-refractivity contribution is 0.538. The molecule has 0 saturated heterocycles. The summed E-state index contributed by atoms with van der Waals surface area (Å²) < 4.78 is 3.11. The van der Waals surface area contributed by atoms with E-state index in [0.29, 0.717) is 5.92 Å². The second-order valence-corrected chi connectivity index (χ2v) is 5.52. The number of hydrogen-bond donors (Lipinski definition) is 0. The van der Waals surface area contributed by atoms with Gasteiger partial charge in [-0.05, 0) is 41.6 Å². The molecule has 0 radical (unpaired) electrons. The van der Waals surface area contributed by atoms with Crippen LogP contribution in [0.5, 0.6) is 0 Å². The van der Waals surface area contributed by atoms with Gasteiger partial charge >= 0.3 is 0 Å². The van der Waals surface area contributed by atoms with E-state index in [9.17, 15) is 0 Å². The van der Waals surface area contributed by atoms with E-state index >= 15 is 0 Å². The van der Waals surface area contributed by atoms with E-state index in [0.717, 1.165) is 23.0 Å². The lowest BCUT2D eigenvalue weighted by Crippen LogP contribution is -2.13. The molecule has 15 heavy (non-hydrogen) atoms. The minimum Gasteiger partial charge on any atom is -0.271 e. The largest absolute Gasteiger partial charge is 0.271 e. The van der Waals surface area contributed by atoms with Crippen LogP contribution in [0, 0.1) is 5.92 Å². The molecule has 2 nitrogen and oxygen atoms in total. The van der Waals surface area contributed by atoms with Crippen molar-refractivity contribution in [3.05, 3.63) is 15.9 Å². The van der Waals surface area contributed by atoms with Gasteiger partial charge in [0.15, 0.2) is 0 Å². The van der Waals surface area contributed by atoms with Crippen molar-refractivity contribution in [3.63, 3.8) is 0 Å². The number of hydrogen-bond acceptors (Lipinski definition) is 1. The van der Waals surface area contributed by atoms with Crippen LogP contribution >= 0.6 is 27.5 Å². The van der Waals surface area contributed by atoms with Crippen LogP contribution in [-0.2, 0) is 19.9 Å². The number of alkyl halides is 1. The molecule has 0 aliphatic rings. The van der Waals surface area contributed by atoms with E-state index in [1.54, 1.807) is 0 Å². The molecule has 0 spiro atoms. The van der Waals surface area contributed by atoms with Gasteiger partial charge in [-0.3, -0.25) is 4.68 Å². The minimum absolute atomic E-state index is 0.192. The normalized spacial score (nSPS) is 15.3. The zero-order valence-corrected chi connectivity index (χ0v) is 12.1. The number of nitrogens with zero attached hydrogens (tertiary/aromatic N) is 2. The van der Waals surface area contributed by atoms with Crippen molar-refractivity contribution in [3.8, 4) is 0 Å². The molecule has 0 saturated carbocycles. The van der Waals surface area contributed by atoms with E-state index in [1.165, 1.54) is 5.69 Å². The van der Waals surface area contributed by atoms with E-state index in [1.807, 2.05) is 18.7 Å². The van der Waals surface area contributed by atoms with Crippen molar-refractivity contribution in [2.45, 2.75) is 39.0 Å². The quantitative estimate of drug-likeness (QED) is 0.776. The first-order chi connectivity index (χ1) is 6.97. The fourth-order valence-corrected chi connectivity index (χ4v) is 2.38. The van der Waals surface area contributed by atoms with Crippen LogP contribution in [0.1, 0.15) is 32.2 Å². The Bertz CT molecular complexity index is 334. The first kappa shape index (κ1) is 13.0. The molecule has 2 atom stereocenters. The highest BCUT2D eigenvalue weighted by molar-refractivity contribution is 9.10. The molecule has 0 aromatic carbocycles. The molecule has 1 aromatic rings. The Morgan fingerprint density at radius 3 is 2.47 bits per heavy atom. The average molecular weight is 294 g/mol. The highest BCUT2D eigenvalue weighted by Crippen LogP contribution is 2.25. The predicted molar refractivity (Wildman–Crippen MR) is 68.5 cm³/mol. The van der Waals surface area contributed by atoms with Gasteiger partial charge in [-0.1, -0.05) is 13.8 Å². The summed E-state index contributed by atoms with van der Waals surface area (Å²) in [6.45, 7) is 6.32. The maximum Gasteiger partial charge on any atom is 0.0766 e. The van der Waals surface area contributed by atoms with Crippen LogP contribution in [0.4, 0.5) is 0 Å². The average Bonchev–Trinajstić information content (AvgIpc) is 2.44. The third-order valence-electron chi connectivity index (χ3n) is 2.80. The number of aromatic nitrogens is 2. The second-order valence-electron chi connectivity index (χ2n) is 4.04. The van der Waals surface area contributed by atoms with Gasteiger partial charge in [0.1, 0.15) is 0 Å². The summed E-state index contributed by atoms with van der Waals surface area (Å²) in [7, 11) is 1.99. The summed E-state index contributed by atoms with van der Waals surface area (Å²) in [5, 5.41) is 4.66. The Balaban J connectivity index is 2.89. The standard InChI is InChI=1S/C11H18BrClN2/c1-5-9-11(12)10(15(4)14-9)6-7(2)8(3)13/h7-8H,5-6H2,1-4H3. The summed E-state index contributed by atoms with van der Waals surface area (Å²) in [5.74, 6) is 0.461. The molecule has 4 heteroatoms. The molecule has 0 fully saturated rings. The number of aryl methyl sites for hydroxylation is 2. The fourth-order valence-electron chi connectivity index (χ4n) is 1.51. The number of rotatable bonds is 4. The monoisotopic (exact) mass is 292 g/mol. The Hall–Kier alpha value is -0.0200. The molecule has 2 unspecified atom stereocenters. The van der Waals surface area contributed by atoms with Gasteiger partial charge in [-0.15, -0.1) is 11.6 Å². The van der Waals surface area contributed by atoms with E-state index in [-0.39, 0.29) is 5.38 Å². The van der Waals surface area contributed by atoms with Crippen molar-refractivity contribution >= 4 is 27.5 Å². The molecule has 1 heterocycles. The van der Waals surface area contributed by atoms with Gasteiger partial charge < -0.3 is 0 Å². The summed E-state index contributed by atoms with van der Waals surface area (Å²) in [6, 6.07) is 0. The molecule has 0 amide bonds. The lowest BCUT2D eigenvalue weighted by Gasteiger charge is -2.13. The second kappa shape index (κ2) is 5.35. The highest BCUT2D eigenvalue weighted by atomic mass is 79.9. The van der Waals surface area contributed by atoms with Gasteiger partial charge in [0.2, 0.25) is 0 Å². The Morgan fingerprint density at radius 2 is 2.07 bits per heavy atom. The van der Waals surface area contributed by atoms with Gasteiger partial charge in [0, 0.05) is 12.4 Å². The van der Waals surface area contributed by atoms with E-state index in [2.05, 4.69) is 34.9 Å². The minimum atomic E-state index is 0.192. The maximum absolute atomic E-state index is 6.08. The van der Waals surface area contributed by atoms with Crippen LogP contribution < -0.4 is 0 Å². The summed E-state index contributed by atoms with van der Waals surface area (Å²) in [5.41, 5.74) is 2.37. The lowest BCUT2D eigenvalue weighted by atomic mass is 10.0. The smallest absolute Gasteiger partial charge is 0.0766 e. The van der Waals surface area contributed by atoms with Crippen molar-refractivity contribution in [2.24, 2.45) is 13.0 Å². The van der Waals surface area contributed by atoms with Gasteiger partial charge in [0.05, 0.1) is 15.9 Å². The van der Waals surface area contributed by atoms with Gasteiger partial charge in [-0.2, -0.15) is 5.10 Å².